The first kappa shape index (κ1) is 12.3. The Morgan fingerprint density at radius 1 is 1.47 bits per heavy atom. The highest BCUT2D eigenvalue weighted by Crippen LogP contribution is 1.99. The summed E-state index contributed by atoms with van der Waals surface area (Å²) in [6.45, 7) is 7.12. The van der Waals surface area contributed by atoms with Crippen LogP contribution in [0, 0.1) is 0 Å². The van der Waals surface area contributed by atoms with Crippen LogP contribution >= 0.6 is 0 Å². The van der Waals surface area contributed by atoms with E-state index >= 15 is 0 Å². The highest BCUT2D eigenvalue weighted by Gasteiger charge is 2.32. The van der Waals surface area contributed by atoms with Crippen LogP contribution in [0.4, 0.5) is 4.79 Å². The number of hydrogen-bond donors (Lipinski definition) is 2. The van der Waals surface area contributed by atoms with Gasteiger partial charge >= 0.3 is 6.03 Å². The van der Waals surface area contributed by atoms with E-state index < -0.39 is 0 Å². The first-order valence-electron chi connectivity index (χ1n) is 6.13. The van der Waals surface area contributed by atoms with E-state index in [4.69, 9.17) is 4.74 Å². The Balaban J connectivity index is 1.87. The van der Waals surface area contributed by atoms with Crippen molar-refractivity contribution >= 4 is 11.9 Å². The van der Waals surface area contributed by atoms with Gasteiger partial charge in [-0.25, -0.2) is 4.79 Å². The van der Waals surface area contributed by atoms with Crippen LogP contribution in [0.25, 0.3) is 0 Å². The molecule has 6 heteroatoms. The van der Waals surface area contributed by atoms with E-state index in [1.807, 2.05) is 13.8 Å². The molecule has 96 valence electrons. The molecule has 0 spiro atoms. The lowest BCUT2D eigenvalue weighted by atomic mass is 10.2. The molecule has 0 aliphatic carbocycles. The van der Waals surface area contributed by atoms with Gasteiger partial charge < -0.3 is 15.0 Å². The number of quaternary nitrogens is 1. The molecule has 0 unspecified atom stereocenters. The quantitative estimate of drug-likeness (QED) is 0.602. The lowest BCUT2D eigenvalue weighted by molar-refractivity contribution is -0.907. The maximum atomic E-state index is 11.9. The lowest BCUT2D eigenvalue weighted by Crippen LogP contribution is -3.16. The Hall–Kier alpha value is -1.14. The van der Waals surface area contributed by atoms with Crippen LogP contribution in [0.5, 0.6) is 0 Å². The molecule has 2 aliphatic rings. The molecule has 2 rings (SSSR count). The second kappa shape index (κ2) is 5.01. The Labute approximate surface area is 101 Å². The van der Waals surface area contributed by atoms with E-state index in [1.54, 1.807) is 0 Å². The van der Waals surface area contributed by atoms with Crippen molar-refractivity contribution < 1.29 is 19.2 Å². The average Bonchev–Trinajstić information content (AvgIpc) is 2.62. The number of nitrogens with zero attached hydrogens (tertiary/aromatic N) is 1. The number of carbonyl (C=O) groups excluding carboxylic acids is 2. The fraction of sp³-hybridized carbons (Fsp3) is 0.818. The van der Waals surface area contributed by atoms with Crippen molar-refractivity contribution in [2.75, 3.05) is 32.7 Å². The molecular formula is C11H20N3O3+. The van der Waals surface area contributed by atoms with Crippen LogP contribution in [0.3, 0.4) is 0 Å². The van der Waals surface area contributed by atoms with Crippen LogP contribution < -0.4 is 10.2 Å². The van der Waals surface area contributed by atoms with E-state index in [9.17, 15) is 9.59 Å². The van der Waals surface area contributed by atoms with Gasteiger partial charge in [-0.3, -0.25) is 9.69 Å². The molecule has 0 bridgehead atoms. The van der Waals surface area contributed by atoms with Gasteiger partial charge in [0.15, 0.2) is 6.54 Å². The molecule has 0 radical (unpaired) electrons. The highest BCUT2D eigenvalue weighted by molar-refractivity contribution is 5.96. The molecule has 2 atom stereocenters. The van der Waals surface area contributed by atoms with Crippen molar-refractivity contribution in [1.29, 1.82) is 0 Å². The number of amides is 3. The topological polar surface area (TPSA) is 63.1 Å². The molecule has 2 aliphatic heterocycles. The minimum absolute atomic E-state index is 0.0868. The summed E-state index contributed by atoms with van der Waals surface area (Å²) in [5.74, 6) is -0.0868. The van der Waals surface area contributed by atoms with E-state index in [1.165, 1.54) is 9.80 Å². The molecule has 0 aromatic carbocycles. The molecule has 17 heavy (non-hydrogen) atoms. The van der Waals surface area contributed by atoms with Crippen LogP contribution in [0.2, 0.25) is 0 Å². The van der Waals surface area contributed by atoms with Crippen LogP contribution in [-0.2, 0) is 9.53 Å². The number of imide groups is 1. The first-order valence-corrected chi connectivity index (χ1v) is 6.13. The van der Waals surface area contributed by atoms with Crippen molar-refractivity contribution in [3.05, 3.63) is 0 Å². The standard InChI is InChI=1S/C11H19N3O3/c1-8-5-13(6-9(2)17-8)7-10(15)14-4-3-12-11(14)16/h8-9H,3-7H2,1-2H3,(H,12,16)/p+1/t8-,9-/m0/s1. The Bertz CT molecular complexity index is 311. The van der Waals surface area contributed by atoms with Crippen molar-refractivity contribution in [3.8, 4) is 0 Å². The molecule has 0 aromatic rings. The summed E-state index contributed by atoms with van der Waals surface area (Å²) >= 11 is 0. The summed E-state index contributed by atoms with van der Waals surface area (Å²) in [5.41, 5.74) is 0. The Morgan fingerprint density at radius 3 is 2.65 bits per heavy atom. The summed E-state index contributed by atoms with van der Waals surface area (Å²) in [6.07, 6.45) is 0.350. The second-order valence-corrected chi connectivity index (χ2v) is 4.87. The monoisotopic (exact) mass is 242 g/mol. The normalized spacial score (nSPS) is 33.6. The van der Waals surface area contributed by atoms with Crippen molar-refractivity contribution in [2.24, 2.45) is 0 Å². The molecule has 3 amide bonds. The van der Waals surface area contributed by atoms with Gasteiger partial charge in [0.05, 0.1) is 0 Å². The van der Waals surface area contributed by atoms with Crippen LogP contribution in [0.1, 0.15) is 13.8 Å². The van der Waals surface area contributed by atoms with Crippen molar-refractivity contribution in [3.63, 3.8) is 0 Å². The van der Waals surface area contributed by atoms with Gasteiger partial charge in [0.25, 0.3) is 5.91 Å². The summed E-state index contributed by atoms with van der Waals surface area (Å²) in [4.78, 5) is 25.8. The predicted molar refractivity (Wildman–Crippen MR) is 60.7 cm³/mol. The fourth-order valence-electron chi connectivity index (χ4n) is 2.55. The smallest absolute Gasteiger partial charge is 0.324 e. The largest absolute Gasteiger partial charge is 0.364 e. The number of carbonyl (C=O) groups is 2. The van der Waals surface area contributed by atoms with E-state index in [0.717, 1.165) is 13.1 Å². The molecule has 0 saturated carbocycles. The summed E-state index contributed by atoms with van der Waals surface area (Å²) in [7, 11) is 0. The minimum Gasteiger partial charge on any atom is -0.364 e. The first-order chi connectivity index (χ1) is 8.06. The zero-order valence-electron chi connectivity index (χ0n) is 10.4. The summed E-state index contributed by atoms with van der Waals surface area (Å²) < 4.78 is 5.62. The Morgan fingerprint density at radius 2 is 2.12 bits per heavy atom. The van der Waals surface area contributed by atoms with Gasteiger partial charge in [-0.15, -0.1) is 0 Å². The average molecular weight is 242 g/mol. The van der Waals surface area contributed by atoms with Crippen molar-refractivity contribution in [1.82, 2.24) is 10.2 Å². The zero-order valence-corrected chi connectivity index (χ0v) is 10.4. The molecule has 0 aromatic heterocycles. The number of nitrogens with one attached hydrogen (secondary N) is 2. The maximum absolute atomic E-state index is 11.9. The third-order valence-electron chi connectivity index (χ3n) is 3.18. The number of hydrogen-bond acceptors (Lipinski definition) is 3. The number of morpholine rings is 1. The molecule has 2 N–H and O–H groups in total. The van der Waals surface area contributed by atoms with Gasteiger partial charge in [0, 0.05) is 13.1 Å². The molecule has 2 fully saturated rings. The molecule has 6 nitrogen and oxygen atoms in total. The second-order valence-electron chi connectivity index (χ2n) is 4.87. The summed E-state index contributed by atoms with van der Waals surface area (Å²) in [6, 6.07) is -0.260. The van der Waals surface area contributed by atoms with E-state index in [2.05, 4.69) is 5.32 Å². The zero-order chi connectivity index (χ0) is 12.4. The SMILES string of the molecule is C[C@H]1C[NH+](CC(=O)N2CCNC2=O)C[C@H](C)O1. The third kappa shape index (κ3) is 2.95. The van der Waals surface area contributed by atoms with E-state index in [0.29, 0.717) is 19.6 Å². The minimum atomic E-state index is -0.260. The van der Waals surface area contributed by atoms with Gasteiger partial charge in [-0.1, -0.05) is 0 Å². The predicted octanol–water partition coefficient (Wildman–Crippen LogP) is -1.77. The lowest BCUT2D eigenvalue weighted by Gasteiger charge is -2.32. The highest BCUT2D eigenvalue weighted by atomic mass is 16.5. The van der Waals surface area contributed by atoms with Crippen LogP contribution in [0.15, 0.2) is 0 Å². The van der Waals surface area contributed by atoms with Crippen LogP contribution in [-0.4, -0.2) is 61.8 Å². The third-order valence-corrected chi connectivity index (χ3v) is 3.18. The molecule has 2 saturated heterocycles. The van der Waals surface area contributed by atoms with Gasteiger partial charge in [0.2, 0.25) is 0 Å². The van der Waals surface area contributed by atoms with Crippen molar-refractivity contribution in [2.45, 2.75) is 26.1 Å². The molecule has 2 heterocycles. The van der Waals surface area contributed by atoms with Gasteiger partial charge in [-0.2, -0.15) is 0 Å². The number of ether oxygens (including phenoxy) is 1. The summed E-state index contributed by atoms with van der Waals surface area (Å²) in [5, 5.41) is 2.64. The maximum Gasteiger partial charge on any atom is 0.324 e. The van der Waals surface area contributed by atoms with E-state index in [-0.39, 0.29) is 24.1 Å². The Kier molecular flexibility index (Phi) is 3.63. The number of rotatable bonds is 2. The molecular weight excluding hydrogens is 222 g/mol. The van der Waals surface area contributed by atoms with Gasteiger partial charge in [0.1, 0.15) is 25.3 Å². The fourth-order valence-corrected chi connectivity index (χ4v) is 2.55. The number of urea groups is 1. The van der Waals surface area contributed by atoms with Gasteiger partial charge in [-0.05, 0) is 13.8 Å².